The van der Waals surface area contributed by atoms with Gasteiger partial charge in [-0.1, -0.05) is 15.9 Å². The van der Waals surface area contributed by atoms with Crippen molar-refractivity contribution in [3.8, 4) is 0 Å². The summed E-state index contributed by atoms with van der Waals surface area (Å²) in [7, 11) is 0. The number of halogens is 3. The van der Waals surface area contributed by atoms with E-state index in [1.807, 2.05) is 13.0 Å². The van der Waals surface area contributed by atoms with Crippen molar-refractivity contribution in [2.24, 2.45) is 4.99 Å². The predicted molar refractivity (Wildman–Crippen MR) is 109 cm³/mol. The van der Waals surface area contributed by atoms with Crippen molar-refractivity contribution in [2.75, 3.05) is 13.1 Å². The number of nitrogens with zero attached hydrogens (tertiary/aromatic N) is 1. The van der Waals surface area contributed by atoms with Crippen LogP contribution in [0, 0.1) is 5.82 Å². The second-order valence-electron chi connectivity index (χ2n) is 6.11. The summed E-state index contributed by atoms with van der Waals surface area (Å²) in [6.45, 7) is 3.39. The molecule has 7 heteroatoms. The summed E-state index contributed by atoms with van der Waals surface area (Å²) >= 11 is 3.38. The van der Waals surface area contributed by atoms with Crippen LogP contribution in [0.25, 0.3) is 0 Å². The van der Waals surface area contributed by atoms with E-state index in [2.05, 4.69) is 31.6 Å². The van der Waals surface area contributed by atoms with Crippen LogP contribution in [-0.2, 0) is 11.2 Å². The minimum atomic E-state index is -0.178. The Balaban J connectivity index is 0.00000208. The van der Waals surface area contributed by atoms with Gasteiger partial charge in [0.15, 0.2) is 5.96 Å². The van der Waals surface area contributed by atoms with Gasteiger partial charge >= 0.3 is 0 Å². The minimum Gasteiger partial charge on any atom is -0.373 e. The third-order valence-electron chi connectivity index (χ3n) is 4.43. The van der Waals surface area contributed by atoms with Gasteiger partial charge in [-0.2, -0.15) is 0 Å². The number of fused-ring (bicyclic) bond motifs is 2. The fourth-order valence-corrected chi connectivity index (χ4v) is 3.72. The van der Waals surface area contributed by atoms with E-state index >= 15 is 0 Å². The molecule has 0 amide bonds. The normalized spacial score (nSPS) is 25.5. The number of hydrogen-bond donors (Lipinski definition) is 2. The maximum absolute atomic E-state index is 13.8. The molecule has 2 aliphatic heterocycles. The third kappa shape index (κ3) is 5.05. The van der Waals surface area contributed by atoms with Gasteiger partial charge in [-0.05, 0) is 56.4 Å². The van der Waals surface area contributed by atoms with Gasteiger partial charge in [0, 0.05) is 17.6 Å². The van der Waals surface area contributed by atoms with Crippen LogP contribution in [0.15, 0.2) is 27.7 Å². The lowest BCUT2D eigenvalue weighted by Crippen LogP contribution is -2.47. The SMILES string of the molecule is CCNC(=NCCc1cc(Br)ccc1F)NC1CC2CCC1O2.I. The van der Waals surface area contributed by atoms with Crippen molar-refractivity contribution in [3.63, 3.8) is 0 Å². The fourth-order valence-electron chi connectivity index (χ4n) is 3.31. The van der Waals surface area contributed by atoms with Gasteiger partial charge in [0.05, 0.1) is 18.2 Å². The maximum atomic E-state index is 13.8. The lowest BCUT2D eigenvalue weighted by atomic mass is 9.96. The van der Waals surface area contributed by atoms with Crippen LogP contribution < -0.4 is 10.6 Å². The standard InChI is InChI=1S/C17H23BrFN3O.HI/c1-2-20-17(22-15-10-13-4-6-16(15)23-13)21-8-7-11-9-12(18)3-5-14(11)19;/h3,5,9,13,15-16H,2,4,6-8,10H2,1H3,(H2,20,21,22);1H. The highest BCUT2D eigenvalue weighted by atomic mass is 127. The van der Waals surface area contributed by atoms with Crippen molar-refractivity contribution >= 4 is 45.9 Å². The first-order chi connectivity index (χ1) is 11.2. The topological polar surface area (TPSA) is 45.7 Å². The highest BCUT2D eigenvalue weighted by molar-refractivity contribution is 14.0. The van der Waals surface area contributed by atoms with Crippen molar-refractivity contribution in [1.82, 2.24) is 10.6 Å². The number of aliphatic imine (C=N–C) groups is 1. The van der Waals surface area contributed by atoms with Crippen LogP contribution in [0.3, 0.4) is 0 Å². The fraction of sp³-hybridized carbons (Fsp3) is 0.588. The Morgan fingerprint density at radius 2 is 2.25 bits per heavy atom. The number of rotatable bonds is 5. The molecule has 0 spiro atoms. The third-order valence-corrected chi connectivity index (χ3v) is 4.92. The van der Waals surface area contributed by atoms with Crippen molar-refractivity contribution < 1.29 is 9.13 Å². The van der Waals surface area contributed by atoms with Gasteiger partial charge in [-0.15, -0.1) is 24.0 Å². The number of guanidine groups is 1. The van der Waals surface area contributed by atoms with Crippen LogP contribution >= 0.6 is 39.9 Å². The molecule has 24 heavy (non-hydrogen) atoms. The van der Waals surface area contributed by atoms with E-state index in [1.54, 1.807) is 6.07 Å². The molecule has 4 nitrogen and oxygen atoms in total. The van der Waals surface area contributed by atoms with E-state index in [-0.39, 0.29) is 29.8 Å². The van der Waals surface area contributed by atoms with Crippen molar-refractivity contribution in [2.45, 2.75) is 50.9 Å². The van der Waals surface area contributed by atoms with Crippen molar-refractivity contribution in [3.05, 3.63) is 34.1 Å². The van der Waals surface area contributed by atoms with Gasteiger partial charge in [0.25, 0.3) is 0 Å². The van der Waals surface area contributed by atoms with Crippen LogP contribution in [0.5, 0.6) is 0 Å². The molecule has 1 aromatic rings. The Morgan fingerprint density at radius 1 is 1.42 bits per heavy atom. The van der Waals surface area contributed by atoms with Gasteiger partial charge < -0.3 is 15.4 Å². The summed E-state index contributed by atoms with van der Waals surface area (Å²) in [6, 6.07) is 5.35. The van der Waals surface area contributed by atoms with Gasteiger partial charge in [-0.3, -0.25) is 4.99 Å². The summed E-state index contributed by atoms with van der Waals surface area (Å²) in [5.41, 5.74) is 0.683. The Kier molecular flexibility index (Phi) is 7.74. The molecule has 1 aromatic carbocycles. The maximum Gasteiger partial charge on any atom is 0.191 e. The second-order valence-corrected chi connectivity index (χ2v) is 7.02. The summed E-state index contributed by atoms with van der Waals surface area (Å²) in [4.78, 5) is 4.58. The molecule has 2 bridgehead atoms. The summed E-state index contributed by atoms with van der Waals surface area (Å²) in [6.07, 6.45) is 4.66. The largest absolute Gasteiger partial charge is 0.373 e. The first kappa shape index (κ1) is 19.9. The van der Waals surface area contributed by atoms with Crippen LogP contribution in [0.1, 0.15) is 31.7 Å². The van der Waals surface area contributed by atoms with Crippen LogP contribution in [0.4, 0.5) is 4.39 Å². The van der Waals surface area contributed by atoms with Crippen molar-refractivity contribution in [1.29, 1.82) is 0 Å². The van der Waals surface area contributed by atoms with Gasteiger partial charge in [0.1, 0.15) is 5.82 Å². The number of nitrogens with one attached hydrogen (secondary N) is 2. The smallest absolute Gasteiger partial charge is 0.191 e. The molecule has 0 aromatic heterocycles. The summed E-state index contributed by atoms with van der Waals surface area (Å²) in [5, 5.41) is 6.73. The first-order valence-electron chi connectivity index (χ1n) is 8.30. The van der Waals surface area contributed by atoms with Crippen LogP contribution in [0.2, 0.25) is 0 Å². The quantitative estimate of drug-likeness (QED) is 0.360. The van der Waals surface area contributed by atoms with E-state index < -0.39 is 0 Å². The summed E-state index contributed by atoms with van der Waals surface area (Å²) < 4.78 is 20.5. The number of hydrogen-bond acceptors (Lipinski definition) is 2. The van der Waals surface area contributed by atoms with Crippen LogP contribution in [-0.4, -0.2) is 37.3 Å². The molecular weight excluding hydrogens is 488 g/mol. The van der Waals surface area contributed by atoms with E-state index in [1.165, 1.54) is 12.5 Å². The molecule has 2 heterocycles. The highest BCUT2D eigenvalue weighted by Gasteiger charge is 2.41. The number of benzene rings is 1. The van der Waals surface area contributed by atoms with Gasteiger partial charge in [0.2, 0.25) is 0 Å². The van der Waals surface area contributed by atoms with E-state index in [0.717, 1.165) is 29.8 Å². The first-order valence-corrected chi connectivity index (χ1v) is 9.09. The molecule has 3 unspecified atom stereocenters. The molecule has 3 atom stereocenters. The zero-order valence-electron chi connectivity index (χ0n) is 13.7. The van der Waals surface area contributed by atoms with Gasteiger partial charge in [-0.25, -0.2) is 4.39 Å². The second kappa shape index (κ2) is 9.33. The Hall–Kier alpha value is -0.410. The molecule has 0 aliphatic carbocycles. The lowest BCUT2D eigenvalue weighted by molar-refractivity contribution is 0.0992. The monoisotopic (exact) mass is 511 g/mol. The molecule has 2 fully saturated rings. The zero-order valence-corrected chi connectivity index (χ0v) is 17.6. The zero-order chi connectivity index (χ0) is 16.2. The number of ether oxygens (including phenoxy) is 1. The molecule has 3 rings (SSSR count). The minimum absolute atomic E-state index is 0. The molecular formula is C17H24BrFIN3O. The lowest BCUT2D eigenvalue weighted by Gasteiger charge is -2.22. The highest BCUT2D eigenvalue weighted by Crippen LogP contribution is 2.34. The molecule has 2 aliphatic rings. The summed E-state index contributed by atoms with van der Waals surface area (Å²) in [5.74, 6) is 0.618. The molecule has 134 valence electrons. The molecule has 0 saturated carbocycles. The van der Waals surface area contributed by atoms with E-state index in [4.69, 9.17) is 4.74 Å². The Bertz CT molecular complexity index is 587. The molecule has 2 saturated heterocycles. The van der Waals surface area contributed by atoms with E-state index in [9.17, 15) is 4.39 Å². The molecule has 2 N–H and O–H groups in total. The predicted octanol–water partition coefficient (Wildman–Crippen LogP) is 3.62. The average Bonchev–Trinajstić information content (AvgIpc) is 3.13. The Morgan fingerprint density at radius 3 is 2.92 bits per heavy atom. The Labute approximate surface area is 168 Å². The molecule has 0 radical (unpaired) electrons. The average molecular weight is 512 g/mol. The van der Waals surface area contributed by atoms with E-state index in [0.29, 0.717) is 36.8 Å².